The van der Waals surface area contributed by atoms with Crippen LogP contribution >= 0.6 is 15.9 Å². The van der Waals surface area contributed by atoms with Crippen LogP contribution in [-0.2, 0) is 11.3 Å². The second-order valence-electron chi connectivity index (χ2n) is 6.80. The van der Waals surface area contributed by atoms with Crippen LogP contribution in [0.2, 0.25) is 0 Å². The zero-order valence-electron chi connectivity index (χ0n) is 13.9. The Labute approximate surface area is 141 Å². The Morgan fingerprint density at radius 3 is 2.55 bits per heavy atom. The van der Waals surface area contributed by atoms with Crippen molar-refractivity contribution in [1.29, 1.82) is 0 Å². The van der Waals surface area contributed by atoms with Gasteiger partial charge >= 0.3 is 6.09 Å². The molecule has 22 heavy (non-hydrogen) atoms. The van der Waals surface area contributed by atoms with Crippen LogP contribution in [0.15, 0.2) is 22.7 Å². The van der Waals surface area contributed by atoms with Crippen molar-refractivity contribution in [2.24, 2.45) is 0 Å². The molecular formula is C17H25BrN2O2. The molecule has 1 aliphatic heterocycles. The molecule has 0 atom stereocenters. The highest BCUT2D eigenvalue weighted by Crippen LogP contribution is 2.29. The summed E-state index contributed by atoms with van der Waals surface area (Å²) in [6.07, 6.45) is 2.17. The quantitative estimate of drug-likeness (QED) is 0.791. The number of halogens is 1. The van der Waals surface area contributed by atoms with Crippen molar-refractivity contribution in [3.05, 3.63) is 28.2 Å². The number of carbonyl (C=O) groups excluding carboxylic acids is 1. The minimum Gasteiger partial charge on any atom is -0.444 e. The van der Waals surface area contributed by atoms with E-state index in [1.807, 2.05) is 26.8 Å². The van der Waals surface area contributed by atoms with E-state index < -0.39 is 5.60 Å². The van der Waals surface area contributed by atoms with Crippen molar-refractivity contribution in [2.45, 2.75) is 45.8 Å². The third kappa shape index (κ3) is 4.63. The molecule has 4 nitrogen and oxygen atoms in total. The molecular weight excluding hydrogens is 344 g/mol. The molecule has 0 bridgehead atoms. The highest BCUT2D eigenvalue weighted by molar-refractivity contribution is 9.10. The standard InChI is InChI=1S/C17H25BrN2O2/c1-17(2,3)22-16(21)19(4)12-13-7-8-14(18)11-15(13)20-9-5-6-10-20/h7-8,11H,5-6,9-10,12H2,1-4H3. The summed E-state index contributed by atoms with van der Waals surface area (Å²) in [7, 11) is 1.78. The Bertz CT molecular complexity index is 534. The summed E-state index contributed by atoms with van der Waals surface area (Å²) >= 11 is 3.55. The molecule has 1 heterocycles. The molecule has 5 heteroatoms. The average molecular weight is 369 g/mol. The first-order chi connectivity index (χ1) is 10.3. The molecule has 0 aliphatic carbocycles. The Hall–Kier alpha value is -1.23. The predicted octanol–water partition coefficient (Wildman–Crippen LogP) is 4.42. The molecule has 1 fully saturated rings. The van der Waals surface area contributed by atoms with Crippen LogP contribution in [0.1, 0.15) is 39.2 Å². The molecule has 0 N–H and O–H groups in total. The van der Waals surface area contributed by atoms with Gasteiger partial charge < -0.3 is 14.5 Å². The molecule has 122 valence electrons. The molecule has 1 saturated heterocycles. The number of carbonyl (C=O) groups is 1. The third-order valence-electron chi connectivity index (χ3n) is 3.61. The van der Waals surface area contributed by atoms with Crippen molar-refractivity contribution in [2.75, 3.05) is 25.0 Å². The van der Waals surface area contributed by atoms with E-state index in [0.29, 0.717) is 6.54 Å². The number of ether oxygens (including phenoxy) is 1. The number of benzene rings is 1. The molecule has 0 spiro atoms. The number of amides is 1. The largest absolute Gasteiger partial charge is 0.444 e. The molecule has 0 unspecified atom stereocenters. The lowest BCUT2D eigenvalue weighted by Crippen LogP contribution is -2.34. The minimum absolute atomic E-state index is 0.289. The molecule has 1 amide bonds. The summed E-state index contributed by atoms with van der Waals surface area (Å²) < 4.78 is 6.49. The van der Waals surface area contributed by atoms with Gasteiger partial charge in [-0.2, -0.15) is 0 Å². The second kappa shape index (κ2) is 6.90. The lowest BCUT2D eigenvalue weighted by Gasteiger charge is -2.27. The van der Waals surface area contributed by atoms with Gasteiger partial charge in [-0.25, -0.2) is 4.79 Å². The highest BCUT2D eigenvalue weighted by atomic mass is 79.9. The van der Waals surface area contributed by atoms with Gasteiger partial charge in [0.15, 0.2) is 0 Å². The van der Waals surface area contributed by atoms with Crippen LogP contribution in [0.5, 0.6) is 0 Å². The monoisotopic (exact) mass is 368 g/mol. The topological polar surface area (TPSA) is 32.8 Å². The zero-order chi connectivity index (χ0) is 16.3. The van der Waals surface area contributed by atoms with Gasteiger partial charge in [0, 0.05) is 30.3 Å². The predicted molar refractivity (Wildman–Crippen MR) is 93.3 cm³/mol. The van der Waals surface area contributed by atoms with Crippen LogP contribution in [0, 0.1) is 0 Å². The maximum absolute atomic E-state index is 12.1. The van der Waals surface area contributed by atoms with E-state index in [1.54, 1.807) is 11.9 Å². The first-order valence-corrected chi connectivity index (χ1v) is 8.53. The lowest BCUT2D eigenvalue weighted by molar-refractivity contribution is 0.0285. The van der Waals surface area contributed by atoms with E-state index >= 15 is 0 Å². The van der Waals surface area contributed by atoms with Crippen LogP contribution in [-0.4, -0.2) is 36.7 Å². The number of hydrogen-bond acceptors (Lipinski definition) is 3. The van der Waals surface area contributed by atoms with E-state index in [0.717, 1.165) is 23.1 Å². The van der Waals surface area contributed by atoms with Crippen molar-refractivity contribution in [1.82, 2.24) is 4.90 Å². The zero-order valence-corrected chi connectivity index (χ0v) is 15.4. The maximum Gasteiger partial charge on any atom is 0.410 e. The van der Waals surface area contributed by atoms with Gasteiger partial charge in [0.25, 0.3) is 0 Å². The van der Waals surface area contributed by atoms with Crippen LogP contribution < -0.4 is 4.90 Å². The minimum atomic E-state index is -0.469. The summed E-state index contributed by atoms with van der Waals surface area (Å²) in [5.41, 5.74) is 1.89. The molecule has 1 aliphatic rings. The van der Waals surface area contributed by atoms with Gasteiger partial charge in [-0.1, -0.05) is 22.0 Å². The summed E-state index contributed by atoms with van der Waals surface area (Å²) in [6.45, 7) is 8.36. The lowest BCUT2D eigenvalue weighted by atomic mass is 10.1. The Morgan fingerprint density at radius 1 is 1.32 bits per heavy atom. The van der Waals surface area contributed by atoms with E-state index in [9.17, 15) is 4.79 Å². The summed E-state index contributed by atoms with van der Waals surface area (Å²) in [6, 6.07) is 6.25. The Morgan fingerprint density at radius 2 is 1.95 bits per heavy atom. The normalized spacial score (nSPS) is 15.0. The molecule has 1 aromatic carbocycles. The van der Waals surface area contributed by atoms with E-state index in [4.69, 9.17) is 4.74 Å². The van der Waals surface area contributed by atoms with Crippen molar-refractivity contribution in [3.8, 4) is 0 Å². The third-order valence-corrected chi connectivity index (χ3v) is 4.10. The van der Waals surface area contributed by atoms with E-state index in [2.05, 4.69) is 33.0 Å². The summed E-state index contributed by atoms with van der Waals surface area (Å²) in [4.78, 5) is 16.2. The fourth-order valence-electron chi connectivity index (χ4n) is 2.58. The van der Waals surface area contributed by atoms with Crippen LogP contribution in [0.4, 0.5) is 10.5 Å². The SMILES string of the molecule is CN(Cc1ccc(Br)cc1N1CCCC1)C(=O)OC(C)(C)C. The van der Waals surface area contributed by atoms with Crippen LogP contribution in [0.3, 0.4) is 0 Å². The number of nitrogens with zero attached hydrogens (tertiary/aromatic N) is 2. The summed E-state index contributed by atoms with van der Waals surface area (Å²) in [5, 5.41) is 0. The van der Waals surface area contributed by atoms with Gasteiger partial charge in [-0.15, -0.1) is 0 Å². The van der Waals surface area contributed by atoms with Gasteiger partial charge in [-0.3, -0.25) is 0 Å². The van der Waals surface area contributed by atoms with Crippen molar-refractivity contribution >= 4 is 27.7 Å². The number of hydrogen-bond donors (Lipinski definition) is 0. The molecule has 0 radical (unpaired) electrons. The molecule has 0 saturated carbocycles. The molecule has 1 aromatic rings. The van der Waals surface area contributed by atoms with E-state index in [1.165, 1.54) is 18.5 Å². The average Bonchev–Trinajstić information content (AvgIpc) is 2.92. The van der Waals surface area contributed by atoms with E-state index in [-0.39, 0.29) is 6.09 Å². The smallest absolute Gasteiger partial charge is 0.410 e. The number of anilines is 1. The highest BCUT2D eigenvalue weighted by Gasteiger charge is 2.22. The maximum atomic E-state index is 12.1. The first-order valence-electron chi connectivity index (χ1n) is 7.74. The second-order valence-corrected chi connectivity index (χ2v) is 7.72. The fourth-order valence-corrected chi connectivity index (χ4v) is 2.93. The van der Waals surface area contributed by atoms with Crippen LogP contribution in [0.25, 0.3) is 0 Å². The van der Waals surface area contributed by atoms with Gasteiger partial charge in [0.2, 0.25) is 0 Å². The van der Waals surface area contributed by atoms with Crippen molar-refractivity contribution < 1.29 is 9.53 Å². The van der Waals surface area contributed by atoms with Crippen molar-refractivity contribution in [3.63, 3.8) is 0 Å². The number of rotatable bonds is 3. The summed E-state index contributed by atoms with van der Waals surface area (Å²) in [5.74, 6) is 0. The van der Waals surface area contributed by atoms with Gasteiger partial charge in [-0.05, 0) is 51.3 Å². The molecule has 2 rings (SSSR count). The Kier molecular flexibility index (Phi) is 5.37. The van der Waals surface area contributed by atoms with Gasteiger partial charge in [0.05, 0.1) is 6.54 Å². The first kappa shape index (κ1) is 17.1. The fraction of sp³-hybridized carbons (Fsp3) is 0.588. The molecule has 0 aromatic heterocycles. The Balaban J connectivity index is 2.13. The van der Waals surface area contributed by atoms with Gasteiger partial charge in [0.1, 0.15) is 5.60 Å².